The van der Waals surface area contributed by atoms with Gasteiger partial charge in [-0.3, -0.25) is 0 Å². The number of hydrogen-bond acceptors (Lipinski definition) is 5. The minimum Gasteiger partial charge on any atom is -0.243 e. The van der Waals surface area contributed by atoms with E-state index in [0.29, 0.717) is 5.56 Å². The predicted molar refractivity (Wildman–Crippen MR) is 52.3 cm³/mol. The Morgan fingerprint density at radius 3 is 2.87 bits per heavy atom. The molecule has 2 rings (SSSR count). The van der Waals surface area contributed by atoms with Crippen molar-refractivity contribution in [3.8, 4) is 0 Å². The molecule has 0 amide bonds. The van der Waals surface area contributed by atoms with Crippen molar-refractivity contribution in [2.75, 3.05) is 5.88 Å². The summed E-state index contributed by atoms with van der Waals surface area (Å²) in [5.74, 6) is -0.145. The summed E-state index contributed by atoms with van der Waals surface area (Å²) in [6.45, 7) is 0. The summed E-state index contributed by atoms with van der Waals surface area (Å²) in [5, 5.41) is 3.47. The molecule has 0 radical (unpaired) electrons. The molecule has 76 valence electrons. The van der Waals surface area contributed by atoms with Crippen LogP contribution in [0.4, 0.5) is 0 Å². The summed E-state index contributed by atoms with van der Waals surface area (Å²) in [4.78, 5) is 6.81. The van der Waals surface area contributed by atoms with E-state index in [1.807, 2.05) is 0 Å². The Kier molecular flexibility index (Phi) is 2.18. The molecule has 1 aromatic carbocycles. The Morgan fingerprint density at radius 1 is 1.40 bits per heavy atom. The first-order valence-electron chi connectivity index (χ1n) is 4.09. The number of benzene rings is 1. The maximum atomic E-state index is 11.6. The summed E-state index contributed by atoms with van der Waals surface area (Å²) in [7, 11) is -3.34. The van der Waals surface area contributed by atoms with Gasteiger partial charge in [-0.05, 0) is 12.1 Å². The van der Waals surface area contributed by atoms with Crippen LogP contribution in [0.1, 0.15) is 5.56 Å². The molecule has 1 aliphatic heterocycles. The minimum absolute atomic E-state index is 0.190. The highest BCUT2D eigenvalue weighted by Gasteiger charge is 2.27. The Hall–Kier alpha value is -1.85. The van der Waals surface area contributed by atoms with E-state index in [4.69, 9.17) is 5.53 Å². The second-order valence-corrected chi connectivity index (χ2v) is 4.85. The van der Waals surface area contributed by atoms with E-state index in [0.717, 1.165) is 0 Å². The molecule has 0 bridgehead atoms. The van der Waals surface area contributed by atoms with E-state index in [1.165, 1.54) is 6.07 Å². The van der Waals surface area contributed by atoms with Crippen LogP contribution in [0.25, 0.3) is 0 Å². The van der Waals surface area contributed by atoms with Crippen molar-refractivity contribution in [3.05, 3.63) is 29.8 Å². The predicted octanol–water partition coefficient (Wildman–Crippen LogP) is 0.728. The lowest BCUT2D eigenvalue weighted by Crippen LogP contribution is -2.17. The van der Waals surface area contributed by atoms with Gasteiger partial charge in [-0.2, -0.15) is 0 Å². The SMILES string of the molecule is N=[N+]=NC1=NCS(=O)(=O)c2ccccc21. The van der Waals surface area contributed by atoms with E-state index >= 15 is 0 Å². The second-order valence-electron chi connectivity index (χ2n) is 2.92. The number of aliphatic imine (C=N–C) groups is 1. The Balaban J connectivity index is 2.73. The molecule has 0 unspecified atom stereocenters. The lowest BCUT2D eigenvalue weighted by molar-refractivity contribution is 0.595. The average Bonchev–Trinajstić information content (AvgIpc) is 2.23. The quantitative estimate of drug-likeness (QED) is 0.518. The smallest absolute Gasteiger partial charge is 0.243 e. The lowest BCUT2D eigenvalue weighted by Gasteiger charge is -2.10. The van der Waals surface area contributed by atoms with E-state index in [1.54, 1.807) is 18.2 Å². The number of amidine groups is 1. The van der Waals surface area contributed by atoms with Crippen LogP contribution in [0.2, 0.25) is 0 Å². The molecule has 0 fully saturated rings. The van der Waals surface area contributed by atoms with Crippen molar-refractivity contribution in [3.63, 3.8) is 0 Å². The third-order valence-corrected chi connectivity index (χ3v) is 3.49. The molecule has 1 N–H and O–H groups in total. The number of rotatable bonds is 0. The van der Waals surface area contributed by atoms with Crippen LogP contribution >= 0.6 is 0 Å². The molecule has 0 atom stereocenters. The van der Waals surface area contributed by atoms with Gasteiger partial charge < -0.3 is 0 Å². The fourth-order valence-corrected chi connectivity index (χ4v) is 2.57. The van der Waals surface area contributed by atoms with Crippen LogP contribution in [-0.4, -0.2) is 20.1 Å². The molecule has 0 spiro atoms. The molecule has 1 heterocycles. The van der Waals surface area contributed by atoms with Gasteiger partial charge in [0.15, 0.2) is 15.0 Å². The van der Waals surface area contributed by atoms with Gasteiger partial charge in [0.1, 0.15) is 11.4 Å². The van der Waals surface area contributed by atoms with Crippen LogP contribution in [0.5, 0.6) is 0 Å². The van der Waals surface area contributed by atoms with E-state index < -0.39 is 9.84 Å². The molecule has 0 aliphatic carbocycles. The molecule has 0 saturated heterocycles. The summed E-state index contributed by atoms with van der Waals surface area (Å²) in [6.07, 6.45) is 0. The van der Waals surface area contributed by atoms with Gasteiger partial charge in [0.25, 0.3) is 0 Å². The van der Waals surface area contributed by atoms with Crippen molar-refractivity contribution >= 4 is 15.7 Å². The lowest BCUT2D eigenvalue weighted by atomic mass is 10.2. The van der Waals surface area contributed by atoms with E-state index in [2.05, 4.69) is 15.0 Å². The van der Waals surface area contributed by atoms with Crippen molar-refractivity contribution in [2.24, 2.45) is 10.1 Å². The van der Waals surface area contributed by atoms with E-state index in [9.17, 15) is 8.42 Å². The maximum Gasteiger partial charge on any atom is 0.246 e. The molecular formula is C8H7N4O2S+. The zero-order valence-electron chi connectivity index (χ0n) is 7.58. The Labute approximate surface area is 85.8 Å². The highest BCUT2D eigenvalue weighted by Crippen LogP contribution is 2.22. The average molecular weight is 223 g/mol. The fraction of sp³-hybridized carbons (Fsp3) is 0.125. The zero-order chi connectivity index (χ0) is 10.9. The summed E-state index contributed by atoms with van der Waals surface area (Å²) >= 11 is 0. The van der Waals surface area contributed by atoms with Crippen molar-refractivity contribution in [2.45, 2.75) is 4.90 Å². The van der Waals surface area contributed by atoms with Crippen molar-refractivity contribution < 1.29 is 8.42 Å². The highest BCUT2D eigenvalue weighted by atomic mass is 32.2. The van der Waals surface area contributed by atoms with Crippen LogP contribution in [0.3, 0.4) is 0 Å². The number of hydrogen-bond donors (Lipinski definition) is 1. The molecule has 1 aliphatic rings. The number of fused-ring (bicyclic) bond motifs is 1. The third kappa shape index (κ3) is 1.58. The van der Waals surface area contributed by atoms with Crippen LogP contribution < -0.4 is 4.91 Å². The second kappa shape index (κ2) is 3.38. The topological polar surface area (TPSA) is 96.8 Å². The molecule has 1 aromatic rings. The van der Waals surface area contributed by atoms with Crippen molar-refractivity contribution in [1.82, 2.24) is 4.91 Å². The Morgan fingerprint density at radius 2 is 2.13 bits per heavy atom. The van der Waals surface area contributed by atoms with Gasteiger partial charge in [0, 0.05) is 5.56 Å². The third-order valence-electron chi connectivity index (χ3n) is 1.99. The Bertz CT molecular complexity index is 584. The number of nitrogens with one attached hydrogen (secondary N) is 1. The highest BCUT2D eigenvalue weighted by molar-refractivity contribution is 7.91. The van der Waals surface area contributed by atoms with Gasteiger partial charge >= 0.3 is 0 Å². The summed E-state index contributed by atoms with van der Waals surface area (Å²) in [5.41, 5.74) is 7.01. The molecule has 7 heteroatoms. The fourth-order valence-electron chi connectivity index (χ4n) is 1.36. The number of sulfone groups is 1. The van der Waals surface area contributed by atoms with Crippen LogP contribution in [-0.2, 0) is 9.84 Å². The first-order valence-corrected chi connectivity index (χ1v) is 5.74. The monoisotopic (exact) mass is 223 g/mol. The first-order chi connectivity index (χ1) is 7.15. The van der Waals surface area contributed by atoms with Gasteiger partial charge in [-0.25, -0.2) is 13.4 Å². The molecule has 0 saturated carbocycles. The normalized spacial score (nSPS) is 17.2. The number of nitrogens with zero attached hydrogens (tertiary/aromatic N) is 3. The molecule has 0 aromatic heterocycles. The maximum absolute atomic E-state index is 11.6. The summed E-state index contributed by atoms with van der Waals surface area (Å²) in [6, 6.07) is 6.42. The van der Waals surface area contributed by atoms with Crippen LogP contribution in [0, 0.1) is 5.53 Å². The van der Waals surface area contributed by atoms with Gasteiger partial charge in [0.05, 0.1) is 4.90 Å². The van der Waals surface area contributed by atoms with Crippen molar-refractivity contribution in [1.29, 1.82) is 5.53 Å². The van der Waals surface area contributed by atoms with Gasteiger partial charge in [-0.1, -0.05) is 12.1 Å². The zero-order valence-corrected chi connectivity index (χ0v) is 8.40. The van der Waals surface area contributed by atoms with Gasteiger partial charge in [-0.15, -0.1) is 0 Å². The molecule has 6 nitrogen and oxygen atoms in total. The summed E-state index contributed by atoms with van der Waals surface area (Å²) < 4.78 is 23.2. The van der Waals surface area contributed by atoms with Gasteiger partial charge in [0.2, 0.25) is 10.7 Å². The van der Waals surface area contributed by atoms with E-state index in [-0.39, 0.29) is 16.6 Å². The molecular weight excluding hydrogens is 216 g/mol. The van der Waals surface area contributed by atoms with Crippen LogP contribution in [0.15, 0.2) is 39.3 Å². The molecule has 15 heavy (non-hydrogen) atoms. The standard InChI is InChI=1S/C8H7N4O2S/c9-12-11-8-6-3-1-2-4-7(6)15(13,14)5-10-8/h1-4,9H,5H2/q+1. The largest absolute Gasteiger partial charge is 0.246 e. The minimum atomic E-state index is -3.34. The first kappa shape index (κ1) is 9.70.